The maximum Gasteiger partial charge on any atom is 0.141 e. The van der Waals surface area contributed by atoms with Crippen molar-refractivity contribution in [1.82, 2.24) is 0 Å². The molecule has 1 aromatic carbocycles. The van der Waals surface area contributed by atoms with Crippen LogP contribution in [0.25, 0.3) is 0 Å². The van der Waals surface area contributed by atoms with Crippen LogP contribution in [-0.4, -0.2) is 27.6 Å². The van der Waals surface area contributed by atoms with Gasteiger partial charge in [-0.15, -0.1) is 0 Å². The quantitative estimate of drug-likeness (QED) is 0.837. The van der Waals surface area contributed by atoms with Crippen LogP contribution >= 0.6 is 11.6 Å². The van der Waals surface area contributed by atoms with Gasteiger partial charge in [0.15, 0.2) is 0 Å². The molecule has 2 aliphatic heterocycles. The molecule has 0 aliphatic carbocycles. The lowest BCUT2D eigenvalue weighted by atomic mass is 9.85. The van der Waals surface area contributed by atoms with Crippen LogP contribution in [0, 0.1) is 18.3 Å². The summed E-state index contributed by atoms with van der Waals surface area (Å²) >= 11 is 6.25. The molecule has 2 saturated heterocycles. The lowest BCUT2D eigenvalue weighted by Gasteiger charge is -2.49. The van der Waals surface area contributed by atoms with Crippen molar-refractivity contribution in [3.8, 4) is 6.07 Å². The van der Waals surface area contributed by atoms with Gasteiger partial charge in [-0.25, -0.2) is 0 Å². The SMILES string of the molecule is Cc1c(N2[C@H]3CC[C@]2(O)C[C@](C)(O)C3)ccc(C#N)c1Cl. The maximum atomic E-state index is 11.0. The van der Waals surface area contributed by atoms with Crippen LogP contribution in [0.3, 0.4) is 0 Å². The Labute approximate surface area is 129 Å². The Morgan fingerprint density at radius 3 is 2.76 bits per heavy atom. The number of halogens is 1. The topological polar surface area (TPSA) is 67.5 Å². The standard InChI is InChI=1S/C16H19ClN2O2/c1-10-13(4-3-11(8-18)14(10)17)19-12-5-6-16(19,21)9-15(2,20)7-12/h3-4,12,20-21H,5-7,9H2,1-2H3/t12-,15+,16-/m0/s1. The molecule has 2 heterocycles. The number of rotatable bonds is 1. The molecule has 0 aromatic heterocycles. The minimum absolute atomic E-state index is 0.0986. The summed E-state index contributed by atoms with van der Waals surface area (Å²) in [4.78, 5) is 1.99. The zero-order valence-corrected chi connectivity index (χ0v) is 13.0. The molecule has 2 bridgehead atoms. The van der Waals surface area contributed by atoms with E-state index in [9.17, 15) is 10.2 Å². The molecule has 4 nitrogen and oxygen atoms in total. The highest BCUT2D eigenvalue weighted by molar-refractivity contribution is 6.32. The van der Waals surface area contributed by atoms with E-state index in [4.69, 9.17) is 16.9 Å². The zero-order chi connectivity index (χ0) is 15.4. The normalized spacial score (nSPS) is 34.9. The van der Waals surface area contributed by atoms with E-state index in [0.29, 0.717) is 29.8 Å². The van der Waals surface area contributed by atoms with Crippen LogP contribution < -0.4 is 4.90 Å². The van der Waals surface area contributed by atoms with Crippen molar-refractivity contribution in [2.45, 2.75) is 56.9 Å². The number of anilines is 1. The molecule has 5 heteroatoms. The second-order valence-electron chi connectivity index (χ2n) is 6.61. The van der Waals surface area contributed by atoms with Gasteiger partial charge in [0.25, 0.3) is 0 Å². The van der Waals surface area contributed by atoms with Gasteiger partial charge in [-0.1, -0.05) is 11.6 Å². The van der Waals surface area contributed by atoms with E-state index < -0.39 is 11.3 Å². The Hall–Kier alpha value is -1.28. The van der Waals surface area contributed by atoms with Crippen LogP contribution in [0.1, 0.15) is 43.7 Å². The van der Waals surface area contributed by atoms with Gasteiger partial charge in [0.2, 0.25) is 0 Å². The second kappa shape index (κ2) is 4.61. The highest BCUT2D eigenvalue weighted by Crippen LogP contribution is 2.50. The number of fused-ring (bicyclic) bond motifs is 2. The van der Waals surface area contributed by atoms with Crippen LogP contribution in [0.4, 0.5) is 5.69 Å². The number of benzene rings is 1. The molecule has 0 unspecified atom stereocenters. The minimum Gasteiger partial charge on any atom is -0.390 e. The summed E-state index contributed by atoms with van der Waals surface area (Å²) in [6.45, 7) is 3.65. The largest absolute Gasteiger partial charge is 0.390 e. The lowest BCUT2D eigenvalue weighted by molar-refractivity contribution is -0.0731. The van der Waals surface area contributed by atoms with E-state index in [1.165, 1.54) is 0 Å². The Bertz CT molecular complexity index is 638. The highest BCUT2D eigenvalue weighted by atomic mass is 35.5. The number of nitrogens with zero attached hydrogens (tertiary/aromatic N) is 2. The predicted molar refractivity (Wildman–Crippen MR) is 81.2 cm³/mol. The summed E-state index contributed by atoms with van der Waals surface area (Å²) in [6, 6.07) is 5.72. The average Bonchev–Trinajstić information content (AvgIpc) is 2.61. The summed E-state index contributed by atoms with van der Waals surface area (Å²) in [5, 5.41) is 30.8. The fourth-order valence-electron chi connectivity index (χ4n) is 3.99. The van der Waals surface area contributed by atoms with Crippen molar-refractivity contribution in [3.05, 3.63) is 28.3 Å². The fourth-order valence-corrected chi connectivity index (χ4v) is 4.19. The molecule has 2 N–H and O–H groups in total. The molecule has 112 valence electrons. The number of hydrogen-bond donors (Lipinski definition) is 2. The van der Waals surface area contributed by atoms with Gasteiger partial charge >= 0.3 is 0 Å². The third-order valence-electron chi connectivity index (χ3n) is 4.77. The number of hydrogen-bond acceptors (Lipinski definition) is 4. The van der Waals surface area contributed by atoms with E-state index in [-0.39, 0.29) is 6.04 Å². The van der Waals surface area contributed by atoms with Gasteiger partial charge in [0.1, 0.15) is 11.8 Å². The smallest absolute Gasteiger partial charge is 0.141 e. The van der Waals surface area contributed by atoms with Gasteiger partial charge in [-0.2, -0.15) is 5.26 Å². The van der Waals surface area contributed by atoms with Crippen molar-refractivity contribution < 1.29 is 10.2 Å². The monoisotopic (exact) mass is 306 g/mol. The first-order chi connectivity index (χ1) is 9.77. The Kier molecular flexibility index (Phi) is 3.21. The third-order valence-corrected chi connectivity index (χ3v) is 5.26. The summed E-state index contributed by atoms with van der Waals surface area (Å²) in [6.07, 6.45) is 2.45. The Morgan fingerprint density at radius 1 is 1.43 bits per heavy atom. The van der Waals surface area contributed by atoms with E-state index in [0.717, 1.165) is 17.7 Å². The molecule has 0 saturated carbocycles. The third kappa shape index (κ3) is 2.20. The summed E-state index contributed by atoms with van der Waals surface area (Å²) in [5.74, 6) is 0. The molecule has 3 rings (SSSR count). The first-order valence-corrected chi connectivity index (χ1v) is 7.58. The number of piperidine rings is 1. The minimum atomic E-state index is -1.03. The summed E-state index contributed by atoms with van der Waals surface area (Å²) in [7, 11) is 0. The van der Waals surface area contributed by atoms with Gasteiger partial charge in [0, 0.05) is 18.2 Å². The maximum absolute atomic E-state index is 11.0. The first-order valence-electron chi connectivity index (χ1n) is 7.21. The molecule has 0 spiro atoms. The van der Waals surface area contributed by atoms with Gasteiger partial charge in [-0.05, 0) is 50.8 Å². The first kappa shape index (κ1) is 14.6. The Morgan fingerprint density at radius 2 is 2.14 bits per heavy atom. The van der Waals surface area contributed by atoms with Gasteiger partial charge in [-0.3, -0.25) is 0 Å². The molecular formula is C16H19ClN2O2. The van der Waals surface area contributed by atoms with Crippen molar-refractivity contribution in [3.63, 3.8) is 0 Å². The molecule has 0 radical (unpaired) electrons. The summed E-state index contributed by atoms with van der Waals surface area (Å²) in [5.41, 5.74) is 0.245. The molecule has 3 atom stereocenters. The molecular weight excluding hydrogens is 288 g/mol. The highest BCUT2D eigenvalue weighted by Gasteiger charge is 2.54. The predicted octanol–water partition coefficient (Wildman–Crippen LogP) is 2.72. The Balaban J connectivity index is 2.07. The van der Waals surface area contributed by atoms with Gasteiger partial charge < -0.3 is 15.1 Å². The van der Waals surface area contributed by atoms with E-state index in [1.54, 1.807) is 13.0 Å². The lowest BCUT2D eigenvalue weighted by Crippen LogP contribution is -2.58. The second-order valence-corrected chi connectivity index (χ2v) is 6.98. The van der Waals surface area contributed by atoms with E-state index in [1.807, 2.05) is 17.9 Å². The zero-order valence-electron chi connectivity index (χ0n) is 12.2. The summed E-state index contributed by atoms with van der Waals surface area (Å²) < 4.78 is 0. The molecule has 2 aliphatic rings. The van der Waals surface area contributed by atoms with Crippen LogP contribution in [-0.2, 0) is 0 Å². The van der Waals surface area contributed by atoms with E-state index >= 15 is 0 Å². The fraction of sp³-hybridized carbons (Fsp3) is 0.562. The van der Waals surface area contributed by atoms with Crippen LogP contribution in [0.5, 0.6) is 0 Å². The number of nitriles is 1. The molecule has 1 aromatic rings. The van der Waals surface area contributed by atoms with Gasteiger partial charge in [0.05, 0.1) is 16.2 Å². The molecule has 2 fully saturated rings. The molecule has 21 heavy (non-hydrogen) atoms. The van der Waals surface area contributed by atoms with Crippen molar-refractivity contribution in [1.29, 1.82) is 5.26 Å². The van der Waals surface area contributed by atoms with Crippen molar-refractivity contribution in [2.24, 2.45) is 0 Å². The van der Waals surface area contributed by atoms with Crippen molar-refractivity contribution in [2.75, 3.05) is 4.90 Å². The van der Waals surface area contributed by atoms with E-state index in [2.05, 4.69) is 6.07 Å². The van der Waals surface area contributed by atoms with Crippen LogP contribution in [0.15, 0.2) is 12.1 Å². The van der Waals surface area contributed by atoms with Crippen molar-refractivity contribution >= 4 is 17.3 Å². The average molecular weight is 307 g/mol. The molecule has 0 amide bonds. The number of aliphatic hydroxyl groups is 2. The van der Waals surface area contributed by atoms with Crippen LogP contribution in [0.2, 0.25) is 5.02 Å².